The van der Waals surface area contributed by atoms with Crippen molar-refractivity contribution in [2.75, 3.05) is 5.73 Å². The molecule has 1 unspecified atom stereocenters. The number of fused-ring (bicyclic) bond motifs is 5. The quantitative estimate of drug-likeness (QED) is 0.334. The van der Waals surface area contributed by atoms with Crippen LogP contribution in [0, 0.1) is 17.7 Å². The summed E-state index contributed by atoms with van der Waals surface area (Å²) in [5.41, 5.74) is 9.29. The summed E-state index contributed by atoms with van der Waals surface area (Å²) in [7, 11) is 0. The number of anilines is 1. The van der Waals surface area contributed by atoms with Gasteiger partial charge in [-0.3, -0.25) is 9.20 Å². The zero-order chi connectivity index (χ0) is 26.0. The first-order valence-electron chi connectivity index (χ1n) is 12.7. The Morgan fingerprint density at radius 3 is 2.74 bits per heavy atom. The van der Waals surface area contributed by atoms with Gasteiger partial charge in [-0.15, -0.1) is 0 Å². The summed E-state index contributed by atoms with van der Waals surface area (Å²) >= 11 is 6.73. The number of hydrogen-bond donors (Lipinski definition) is 1. The molecule has 0 saturated heterocycles. The van der Waals surface area contributed by atoms with Crippen LogP contribution in [0.2, 0.25) is 5.02 Å². The van der Waals surface area contributed by atoms with Gasteiger partial charge in [0.05, 0.1) is 35.4 Å². The van der Waals surface area contributed by atoms with Crippen LogP contribution in [-0.2, 0) is 6.54 Å². The number of nitrogens with zero attached hydrogens (tertiary/aromatic N) is 6. The van der Waals surface area contributed by atoms with E-state index in [0.717, 1.165) is 42.9 Å². The number of nitrogen functional groups attached to an aromatic ring is 1. The molecule has 3 saturated carbocycles. The standard InChI is InChI=1S/C28H25ClFN7O/c29-21-9-19(35-6-5-32-14-35)3-2-17(21)13-36(24-4-1-16-7-18(24)8-16)28(38)20-10-25-23(11-22(20)30)34-27(31)26-12-33-15-37(25)26/h2-3,5-6,9-12,14-16,18,24H,1,4,7-8,13H2,(H2,31,34). The molecule has 1 atom stereocenters. The minimum atomic E-state index is -0.622. The molecule has 3 heterocycles. The van der Waals surface area contributed by atoms with Gasteiger partial charge in [0.1, 0.15) is 17.2 Å². The van der Waals surface area contributed by atoms with Gasteiger partial charge in [0.25, 0.3) is 5.91 Å². The maximum absolute atomic E-state index is 15.5. The molecular formula is C28H25ClFN7O. The molecule has 2 bridgehead atoms. The zero-order valence-corrected chi connectivity index (χ0v) is 21.2. The van der Waals surface area contributed by atoms with E-state index in [-0.39, 0.29) is 23.3 Å². The molecule has 2 N–H and O–H groups in total. The number of imidazole rings is 2. The van der Waals surface area contributed by atoms with Crippen molar-refractivity contribution in [3.05, 3.63) is 83.5 Å². The average molecular weight is 530 g/mol. The van der Waals surface area contributed by atoms with E-state index in [1.807, 2.05) is 33.9 Å². The van der Waals surface area contributed by atoms with E-state index in [1.54, 1.807) is 35.5 Å². The van der Waals surface area contributed by atoms with Crippen LogP contribution in [0.1, 0.15) is 41.6 Å². The van der Waals surface area contributed by atoms with Crippen molar-refractivity contribution in [1.29, 1.82) is 0 Å². The van der Waals surface area contributed by atoms with Crippen LogP contribution in [0.15, 0.2) is 61.6 Å². The molecule has 3 aliphatic rings. The lowest BCUT2D eigenvalue weighted by Crippen LogP contribution is -2.51. The summed E-state index contributed by atoms with van der Waals surface area (Å²) in [5.74, 6) is 0.453. The number of nitrogens with two attached hydrogens (primary N) is 1. The summed E-state index contributed by atoms with van der Waals surface area (Å²) in [6, 6.07) is 8.63. The number of carbonyl (C=O) groups is 1. The second-order valence-electron chi connectivity index (χ2n) is 10.4. The highest BCUT2D eigenvalue weighted by Gasteiger charge is 2.44. The molecular weight excluding hydrogens is 505 g/mol. The number of halogens is 2. The predicted molar refractivity (Wildman–Crippen MR) is 143 cm³/mol. The molecule has 5 aromatic rings. The van der Waals surface area contributed by atoms with Crippen molar-refractivity contribution < 1.29 is 9.18 Å². The van der Waals surface area contributed by atoms with Crippen molar-refractivity contribution in [3.8, 4) is 5.69 Å². The van der Waals surface area contributed by atoms with Gasteiger partial charge in [-0.1, -0.05) is 17.7 Å². The Hall–Kier alpha value is -3.98. The Bertz CT molecular complexity index is 1690. The Balaban J connectivity index is 1.29. The lowest BCUT2D eigenvalue weighted by Gasteiger charge is -2.50. The minimum absolute atomic E-state index is 0.00618. The van der Waals surface area contributed by atoms with E-state index in [0.29, 0.717) is 34.0 Å². The van der Waals surface area contributed by atoms with Crippen LogP contribution in [0.25, 0.3) is 22.2 Å². The van der Waals surface area contributed by atoms with Gasteiger partial charge in [-0.25, -0.2) is 19.3 Å². The monoisotopic (exact) mass is 529 g/mol. The smallest absolute Gasteiger partial charge is 0.257 e. The van der Waals surface area contributed by atoms with Gasteiger partial charge in [-0.2, -0.15) is 0 Å². The molecule has 0 spiro atoms. The van der Waals surface area contributed by atoms with Gasteiger partial charge < -0.3 is 15.2 Å². The molecule has 0 radical (unpaired) electrons. The maximum atomic E-state index is 15.5. The molecule has 3 aromatic heterocycles. The first-order chi connectivity index (χ1) is 18.5. The molecule has 38 heavy (non-hydrogen) atoms. The molecule has 3 fully saturated rings. The minimum Gasteiger partial charge on any atom is -0.382 e. The van der Waals surface area contributed by atoms with Crippen molar-refractivity contribution in [3.63, 3.8) is 0 Å². The summed E-state index contributed by atoms with van der Waals surface area (Å²) in [5, 5.41) is 0.551. The normalized spacial score (nSPS) is 20.5. The number of carbonyl (C=O) groups excluding carboxylic acids is 1. The van der Waals surface area contributed by atoms with Crippen molar-refractivity contribution >= 4 is 39.9 Å². The predicted octanol–water partition coefficient (Wildman–Crippen LogP) is 5.27. The van der Waals surface area contributed by atoms with E-state index in [1.165, 1.54) is 6.07 Å². The lowest BCUT2D eigenvalue weighted by atomic mass is 9.62. The van der Waals surface area contributed by atoms with E-state index >= 15 is 4.39 Å². The highest BCUT2D eigenvalue weighted by molar-refractivity contribution is 6.31. The van der Waals surface area contributed by atoms with Crippen molar-refractivity contribution in [2.45, 2.75) is 38.3 Å². The molecule has 1 amide bonds. The molecule has 8 nitrogen and oxygen atoms in total. The fourth-order valence-electron chi connectivity index (χ4n) is 6.17. The first kappa shape index (κ1) is 23.2. The highest BCUT2D eigenvalue weighted by Crippen LogP contribution is 2.48. The fourth-order valence-corrected chi connectivity index (χ4v) is 6.40. The summed E-state index contributed by atoms with van der Waals surface area (Å²) < 4.78 is 19.1. The molecule has 0 aliphatic heterocycles. The Labute approximate surface area is 222 Å². The van der Waals surface area contributed by atoms with Crippen LogP contribution in [0.5, 0.6) is 0 Å². The number of amides is 1. The van der Waals surface area contributed by atoms with Gasteiger partial charge in [0.15, 0.2) is 0 Å². The molecule has 10 heteroatoms. The largest absolute Gasteiger partial charge is 0.382 e. The number of hydrogen-bond acceptors (Lipinski definition) is 5. The van der Waals surface area contributed by atoms with Crippen LogP contribution < -0.4 is 5.73 Å². The van der Waals surface area contributed by atoms with Crippen LogP contribution in [0.3, 0.4) is 0 Å². The number of rotatable bonds is 5. The van der Waals surface area contributed by atoms with Crippen LogP contribution in [0.4, 0.5) is 10.2 Å². The van der Waals surface area contributed by atoms with Gasteiger partial charge >= 0.3 is 0 Å². The second-order valence-corrected chi connectivity index (χ2v) is 10.8. The van der Waals surface area contributed by atoms with E-state index in [2.05, 4.69) is 15.0 Å². The van der Waals surface area contributed by atoms with E-state index in [4.69, 9.17) is 17.3 Å². The lowest BCUT2D eigenvalue weighted by molar-refractivity contribution is 0.00171. The number of aromatic nitrogens is 5. The average Bonchev–Trinajstić information content (AvgIpc) is 3.60. The summed E-state index contributed by atoms with van der Waals surface area (Å²) in [6.45, 7) is 0.297. The SMILES string of the molecule is Nc1nc2cc(F)c(C(=O)N(Cc3ccc(-n4ccnc4)cc3Cl)C3CCC4CC3C4)cc2n2cncc12. The van der Waals surface area contributed by atoms with Gasteiger partial charge in [-0.05, 0) is 61.3 Å². The maximum Gasteiger partial charge on any atom is 0.257 e. The first-order valence-corrected chi connectivity index (χ1v) is 13.1. The number of benzene rings is 2. The fraction of sp³-hybridized carbons (Fsp3) is 0.286. The molecule has 3 aliphatic carbocycles. The topological polar surface area (TPSA) is 94.3 Å². The van der Waals surface area contributed by atoms with E-state index < -0.39 is 5.82 Å². The second kappa shape index (κ2) is 8.80. The van der Waals surface area contributed by atoms with Crippen molar-refractivity contribution in [2.24, 2.45) is 11.8 Å². The Morgan fingerprint density at radius 2 is 2.00 bits per heavy atom. The third-order valence-corrected chi connectivity index (χ3v) is 8.58. The van der Waals surface area contributed by atoms with Crippen molar-refractivity contribution in [1.82, 2.24) is 28.8 Å². The Morgan fingerprint density at radius 1 is 1.13 bits per heavy atom. The van der Waals surface area contributed by atoms with Crippen LogP contribution >= 0.6 is 11.6 Å². The zero-order valence-electron chi connectivity index (χ0n) is 20.5. The summed E-state index contributed by atoms with van der Waals surface area (Å²) in [6.07, 6.45) is 12.7. The Kier molecular flexibility index (Phi) is 5.36. The molecule has 8 rings (SSSR count). The van der Waals surface area contributed by atoms with E-state index in [9.17, 15) is 4.79 Å². The molecule has 192 valence electrons. The third-order valence-electron chi connectivity index (χ3n) is 8.22. The van der Waals surface area contributed by atoms with Crippen LogP contribution in [-0.4, -0.2) is 40.8 Å². The summed E-state index contributed by atoms with van der Waals surface area (Å²) in [4.78, 5) is 28.6. The molecule has 2 aromatic carbocycles. The third kappa shape index (κ3) is 3.72. The van der Waals surface area contributed by atoms with Gasteiger partial charge in [0.2, 0.25) is 0 Å². The highest BCUT2D eigenvalue weighted by atomic mass is 35.5. The van der Waals surface area contributed by atoms with Gasteiger partial charge in [0, 0.05) is 41.8 Å².